The summed E-state index contributed by atoms with van der Waals surface area (Å²) in [7, 11) is 0. The van der Waals surface area contributed by atoms with Gasteiger partial charge < -0.3 is 10.2 Å². The van der Waals surface area contributed by atoms with E-state index in [0.29, 0.717) is 0 Å². The molecule has 0 heterocycles. The standard InChI is InChI=1S/C49H34N2/c1-3-13-36(14-4-1)50-37-27-23-34(24-28-37)35-25-29-39(30-26-35)51(38-15-5-2-6-16-38)40-31-32-44-43-19-9-12-22-47(43)49(48(44)33-40)45-20-10-7-17-41(45)42-18-8-11-21-46(42)49/h1-33,50H. The van der Waals surface area contributed by atoms with Crippen LogP contribution in [0.5, 0.6) is 0 Å². The van der Waals surface area contributed by atoms with Crippen LogP contribution in [0.4, 0.5) is 28.4 Å². The summed E-state index contributed by atoms with van der Waals surface area (Å²) in [6, 6.07) is 72.7. The second kappa shape index (κ2) is 11.8. The van der Waals surface area contributed by atoms with E-state index in [-0.39, 0.29) is 5.41 Å². The van der Waals surface area contributed by atoms with Crippen molar-refractivity contribution in [3.05, 3.63) is 222 Å². The van der Waals surface area contributed by atoms with E-state index in [1.807, 2.05) is 18.2 Å². The molecule has 8 aromatic rings. The van der Waals surface area contributed by atoms with Crippen molar-refractivity contribution < 1.29 is 0 Å². The first kappa shape index (κ1) is 29.3. The van der Waals surface area contributed by atoms with Gasteiger partial charge in [0.15, 0.2) is 0 Å². The molecule has 0 amide bonds. The largest absolute Gasteiger partial charge is 0.356 e. The third-order valence-electron chi connectivity index (χ3n) is 10.7. The number of nitrogens with zero attached hydrogens (tertiary/aromatic N) is 1. The van der Waals surface area contributed by atoms with Crippen molar-refractivity contribution in [3.63, 3.8) is 0 Å². The minimum atomic E-state index is -0.386. The maximum absolute atomic E-state index is 3.49. The molecule has 2 aliphatic carbocycles. The Hall–Kier alpha value is -6.64. The van der Waals surface area contributed by atoms with Gasteiger partial charge in [0, 0.05) is 28.4 Å². The number of hydrogen-bond donors (Lipinski definition) is 1. The van der Waals surface area contributed by atoms with Crippen LogP contribution in [-0.2, 0) is 5.41 Å². The summed E-state index contributed by atoms with van der Waals surface area (Å²) < 4.78 is 0. The fourth-order valence-electron chi connectivity index (χ4n) is 8.48. The van der Waals surface area contributed by atoms with Gasteiger partial charge in [0.2, 0.25) is 0 Å². The van der Waals surface area contributed by atoms with Gasteiger partial charge in [-0.3, -0.25) is 0 Å². The Labute approximate surface area is 298 Å². The molecule has 0 radical (unpaired) electrons. The summed E-state index contributed by atoms with van der Waals surface area (Å²) in [5.41, 5.74) is 18.2. The van der Waals surface area contributed by atoms with Gasteiger partial charge in [0.1, 0.15) is 0 Å². The molecule has 0 unspecified atom stereocenters. The van der Waals surface area contributed by atoms with Crippen LogP contribution >= 0.6 is 0 Å². The molecule has 2 nitrogen and oxygen atoms in total. The monoisotopic (exact) mass is 650 g/mol. The van der Waals surface area contributed by atoms with Gasteiger partial charge in [-0.25, -0.2) is 0 Å². The molecule has 0 saturated heterocycles. The Morgan fingerprint density at radius 1 is 0.314 bits per heavy atom. The van der Waals surface area contributed by atoms with Crippen LogP contribution in [0.1, 0.15) is 22.3 Å². The summed E-state index contributed by atoms with van der Waals surface area (Å²) >= 11 is 0. The van der Waals surface area contributed by atoms with E-state index < -0.39 is 0 Å². The van der Waals surface area contributed by atoms with Crippen LogP contribution in [0, 0.1) is 0 Å². The molecule has 51 heavy (non-hydrogen) atoms. The fraction of sp³-hybridized carbons (Fsp3) is 0.0204. The molecule has 8 aromatic carbocycles. The van der Waals surface area contributed by atoms with Crippen molar-refractivity contribution >= 4 is 28.4 Å². The molecule has 2 heteroatoms. The Bertz CT molecular complexity index is 2470. The van der Waals surface area contributed by atoms with Gasteiger partial charge in [-0.1, -0.05) is 140 Å². The predicted octanol–water partition coefficient (Wildman–Crippen LogP) is 12.9. The van der Waals surface area contributed by atoms with Crippen molar-refractivity contribution in [2.45, 2.75) is 5.41 Å². The Morgan fingerprint density at radius 2 is 0.725 bits per heavy atom. The zero-order chi connectivity index (χ0) is 33.8. The molecule has 10 rings (SSSR count). The first-order valence-corrected chi connectivity index (χ1v) is 17.6. The van der Waals surface area contributed by atoms with Gasteiger partial charge in [-0.15, -0.1) is 0 Å². The second-order valence-electron chi connectivity index (χ2n) is 13.4. The maximum Gasteiger partial charge on any atom is 0.0726 e. The smallest absolute Gasteiger partial charge is 0.0726 e. The third kappa shape index (κ3) is 4.57. The van der Waals surface area contributed by atoms with Crippen LogP contribution in [0.3, 0.4) is 0 Å². The van der Waals surface area contributed by atoms with E-state index in [9.17, 15) is 0 Å². The SMILES string of the molecule is c1ccc(Nc2ccc(-c3ccc(N(c4ccccc4)c4ccc5c(c4)C4(c6ccccc6-c6ccccc64)c4ccccc4-5)cc3)cc2)cc1. The number of rotatable bonds is 6. The van der Waals surface area contributed by atoms with Crippen molar-refractivity contribution in [2.75, 3.05) is 10.2 Å². The predicted molar refractivity (Wildman–Crippen MR) is 213 cm³/mol. The number of anilines is 5. The van der Waals surface area contributed by atoms with Gasteiger partial charge in [0.05, 0.1) is 5.41 Å². The third-order valence-corrected chi connectivity index (χ3v) is 10.7. The van der Waals surface area contributed by atoms with Crippen LogP contribution in [0.2, 0.25) is 0 Å². The van der Waals surface area contributed by atoms with E-state index in [0.717, 1.165) is 28.4 Å². The van der Waals surface area contributed by atoms with Crippen molar-refractivity contribution in [2.24, 2.45) is 0 Å². The Morgan fingerprint density at radius 3 is 1.29 bits per heavy atom. The molecule has 0 fully saturated rings. The van der Waals surface area contributed by atoms with Gasteiger partial charge in [0.25, 0.3) is 0 Å². The molecule has 0 bridgehead atoms. The van der Waals surface area contributed by atoms with E-state index in [1.54, 1.807) is 0 Å². The summed E-state index contributed by atoms with van der Waals surface area (Å²) in [6.07, 6.45) is 0. The summed E-state index contributed by atoms with van der Waals surface area (Å²) in [5.74, 6) is 0. The molecule has 2 aliphatic rings. The Kier molecular flexibility index (Phi) is 6.75. The average Bonchev–Trinajstić information content (AvgIpc) is 3.67. The number of para-hydroxylation sites is 2. The molecule has 0 aliphatic heterocycles. The fourth-order valence-corrected chi connectivity index (χ4v) is 8.48. The zero-order valence-corrected chi connectivity index (χ0v) is 28.0. The van der Waals surface area contributed by atoms with Crippen LogP contribution in [0.15, 0.2) is 200 Å². The van der Waals surface area contributed by atoms with Crippen molar-refractivity contribution in [1.82, 2.24) is 0 Å². The van der Waals surface area contributed by atoms with Crippen LogP contribution < -0.4 is 10.2 Å². The van der Waals surface area contributed by atoms with Crippen molar-refractivity contribution in [1.29, 1.82) is 0 Å². The van der Waals surface area contributed by atoms with Gasteiger partial charge >= 0.3 is 0 Å². The minimum absolute atomic E-state index is 0.386. The highest BCUT2D eigenvalue weighted by molar-refractivity contribution is 5.96. The molecule has 1 N–H and O–H groups in total. The lowest BCUT2D eigenvalue weighted by atomic mass is 9.70. The highest BCUT2D eigenvalue weighted by Gasteiger charge is 2.51. The lowest BCUT2D eigenvalue weighted by Gasteiger charge is -2.32. The first-order chi connectivity index (χ1) is 25.3. The summed E-state index contributed by atoms with van der Waals surface area (Å²) in [5, 5.41) is 3.49. The topological polar surface area (TPSA) is 15.3 Å². The van der Waals surface area contributed by atoms with Crippen molar-refractivity contribution in [3.8, 4) is 33.4 Å². The molecule has 1 spiro atoms. The quantitative estimate of drug-likeness (QED) is 0.193. The lowest BCUT2D eigenvalue weighted by Crippen LogP contribution is -2.26. The van der Waals surface area contributed by atoms with Gasteiger partial charge in [-0.05, 0) is 116 Å². The second-order valence-corrected chi connectivity index (χ2v) is 13.4. The molecule has 0 atom stereocenters. The van der Waals surface area contributed by atoms with E-state index >= 15 is 0 Å². The van der Waals surface area contributed by atoms with Crippen LogP contribution in [0.25, 0.3) is 33.4 Å². The molecule has 0 saturated carbocycles. The van der Waals surface area contributed by atoms with E-state index in [1.165, 1.54) is 55.6 Å². The van der Waals surface area contributed by atoms with E-state index in [2.05, 4.69) is 192 Å². The Balaban J connectivity index is 1.08. The highest BCUT2D eigenvalue weighted by Crippen LogP contribution is 2.63. The number of nitrogens with one attached hydrogen (secondary N) is 1. The number of benzene rings is 8. The van der Waals surface area contributed by atoms with Crippen LogP contribution in [-0.4, -0.2) is 0 Å². The maximum atomic E-state index is 3.49. The minimum Gasteiger partial charge on any atom is -0.356 e. The molecule has 240 valence electrons. The lowest BCUT2D eigenvalue weighted by molar-refractivity contribution is 0.793. The number of fused-ring (bicyclic) bond motifs is 10. The summed E-state index contributed by atoms with van der Waals surface area (Å²) in [4.78, 5) is 2.39. The average molecular weight is 651 g/mol. The number of hydrogen-bond acceptors (Lipinski definition) is 2. The normalized spacial score (nSPS) is 12.9. The summed E-state index contributed by atoms with van der Waals surface area (Å²) in [6.45, 7) is 0. The molecular formula is C49H34N2. The molecule has 0 aromatic heterocycles. The first-order valence-electron chi connectivity index (χ1n) is 17.6. The zero-order valence-electron chi connectivity index (χ0n) is 28.0. The molecular weight excluding hydrogens is 617 g/mol. The highest BCUT2D eigenvalue weighted by atomic mass is 15.1. The van der Waals surface area contributed by atoms with E-state index in [4.69, 9.17) is 0 Å². The van der Waals surface area contributed by atoms with Gasteiger partial charge in [-0.2, -0.15) is 0 Å².